The number of nitrogens with zero attached hydrogens (tertiary/aromatic N) is 1. The Morgan fingerprint density at radius 1 is 1.35 bits per heavy atom. The van der Waals surface area contributed by atoms with Crippen LogP contribution in [0.3, 0.4) is 0 Å². The number of ether oxygens (including phenoxy) is 1. The molecule has 0 unspecified atom stereocenters. The summed E-state index contributed by atoms with van der Waals surface area (Å²) in [5, 5.41) is 12.5. The van der Waals surface area contributed by atoms with Crippen LogP contribution in [-0.4, -0.2) is 28.2 Å². The Balaban J connectivity index is 1.61. The lowest BCUT2D eigenvalue weighted by Crippen LogP contribution is -2.31. The lowest BCUT2D eigenvalue weighted by Gasteiger charge is -2.22. The molecule has 1 saturated carbocycles. The predicted octanol–water partition coefficient (Wildman–Crippen LogP) is 4.38. The van der Waals surface area contributed by atoms with Gasteiger partial charge in [0, 0.05) is 12.3 Å². The summed E-state index contributed by atoms with van der Waals surface area (Å²) in [4.78, 5) is 14.9. The molecule has 1 aliphatic carbocycles. The Morgan fingerprint density at radius 2 is 2.15 bits per heavy atom. The maximum absolute atomic E-state index is 10.6. The monoisotopic (exact) mass is 372 g/mol. The highest BCUT2D eigenvalue weighted by atomic mass is 35.5. The first-order valence-corrected chi connectivity index (χ1v) is 8.98. The van der Waals surface area contributed by atoms with E-state index in [1.54, 1.807) is 12.3 Å². The minimum absolute atomic E-state index is 0.111. The second-order valence-electron chi connectivity index (χ2n) is 6.29. The van der Waals surface area contributed by atoms with E-state index in [9.17, 15) is 4.79 Å². The zero-order valence-corrected chi connectivity index (χ0v) is 15.0. The third-order valence-corrected chi connectivity index (χ3v) is 4.65. The molecule has 0 bridgehead atoms. The third-order valence-electron chi connectivity index (χ3n) is 4.36. The normalized spacial score (nSPS) is 19.7. The number of carboxylic acid groups (broad SMARTS) is 1. The van der Waals surface area contributed by atoms with E-state index in [1.165, 1.54) is 6.08 Å². The lowest BCUT2D eigenvalue weighted by atomic mass is 10.2. The van der Waals surface area contributed by atoms with Crippen molar-refractivity contribution in [2.75, 3.05) is 5.32 Å². The first-order chi connectivity index (χ1) is 12.6. The fraction of sp³-hybridized carbons (Fsp3) is 0.300. The molecule has 5 nitrogen and oxygen atoms in total. The Labute approximate surface area is 157 Å². The summed E-state index contributed by atoms with van der Waals surface area (Å²) < 4.78 is 6.09. The van der Waals surface area contributed by atoms with Gasteiger partial charge in [-0.3, -0.25) is 0 Å². The Bertz CT molecular complexity index is 780. The zero-order chi connectivity index (χ0) is 18.4. The summed E-state index contributed by atoms with van der Waals surface area (Å²) in [5.74, 6) is -0.410. The zero-order valence-electron chi connectivity index (χ0n) is 14.3. The van der Waals surface area contributed by atoms with Crippen molar-refractivity contribution >= 4 is 29.5 Å². The number of pyridine rings is 1. The molecule has 2 aromatic rings. The lowest BCUT2D eigenvalue weighted by molar-refractivity contribution is -0.131. The van der Waals surface area contributed by atoms with Crippen LogP contribution in [0.5, 0.6) is 0 Å². The summed E-state index contributed by atoms with van der Waals surface area (Å²) in [6.45, 7) is 0.587. The average molecular weight is 373 g/mol. The first-order valence-electron chi connectivity index (χ1n) is 8.60. The molecule has 1 fully saturated rings. The van der Waals surface area contributed by atoms with Gasteiger partial charge in [-0.2, -0.15) is 0 Å². The largest absolute Gasteiger partial charge is 0.478 e. The molecule has 0 spiro atoms. The van der Waals surface area contributed by atoms with Crippen LogP contribution in [0.25, 0.3) is 6.08 Å². The van der Waals surface area contributed by atoms with Crippen molar-refractivity contribution < 1.29 is 14.6 Å². The number of halogens is 1. The number of benzene rings is 1. The molecule has 1 aromatic carbocycles. The van der Waals surface area contributed by atoms with Crippen LogP contribution < -0.4 is 5.32 Å². The Hall–Kier alpha value is -2.37. The van der Waals surface area contributed by atoms with Gasteiger partial charge in [-0.25, -0.2) is 9.78 Å². The van der Waals surface area contributed by atoms with Crippen LogP contribution in [0, 0.1) is 0 Å². The number of hydrogen-bond donors (Lipinski definition) is 2. The van der Waals surface area contributed by atoms with Gasteiger partial charge in [0.05, 0.1) is 23.8 Å². The highest BCUT2D eigenvalue weighted by Gasteiger charge is 2.28. The number of aliphatic carboxylic acids is 1. The van der Waals surface area contributed by atoms with Crippen molar-refractivity contribution in [3.8, 4) is 0 Å². The van der Waals surface area contributed by atoms with Crippen LogP contribution in [0.4, 0.5) is 5.82 Å². The van der Waals surface area contributed by atoms with E-state index in [0.29, 0.717) is 23.0 Å². The summed E-state index contributed by atoms with van der Waals surface area (Å²) in [6.07, 6.45) is 7.33. The van der Waals surface area contributed by atoms with Crippen LogP contribution in [0.2, 0.25) is 5.02 Å². The topological polar surface area (TPSA) is 71.5 Å². The van der Waals surface area contributed by atoms with Crippen molar-refractivity contribution in [1.29, 1.82) is 0 Å². The number of carboxylic acids is 1. The van der Waals surface area contributed by atoms with Crippen LogP contribution in [-0.2, 0) is 16.1 Å². The Kier molecular flexibility index (Phi) is 6.26. The number of carbonyl (C=O) groups is 1. The smallest absolute Gasteiger partial charge is 0.328 e. The molecular formula is C20H21ClN2O3. The Morgan fingerprint density at radius 3 is 2.88 bits per heavy atom. The highest BCUT2D eigenvalue weighted by molar-refractivity contribution is 6.33. The maximum atomic E-state index is 10.6. The second kappa shape index (κ2) is 8.83. The quantitative estimate of drug-likeness (QED) is 0.705. The van der Waals surface area contributed by atoms with Gasteiger partial charge in [0.1, 0.15) is 5.82 Å². The van der Waals surface area contributed by atoms with Crippen LogP contribution >= 0.6 is 11.6 Å². The van der Waals surface area contributed by atoms with Crippen LogP contribution in [0.15, 0.2) is 48.7 Å². The SMILES string of the molecule is O=C(O)/C=C/c1cnc(N[C@@H]2CCC[C@H]2OCc2ccccc2)c(Cl)c1. The van der Waals surface area contributed by atoms with E-state index in [4.69, 9.17) is 21.4 Å². The fourth-order valence-electron chi connectivity index (χ4n) is 3.06. The summed E-state index contributed by atoms with van der Waals surface area (Å²) in [6, 6.07) is 12.0. The minimum Gasteiger partial charge on any atom is -0.478 e. The number of nitrogens with one attached hydrogen (secondary N) is 1. The van der Waals surface area contributed by atoms with Gasteiger partial charge in [0.25, 0.3) is 0 Å². The summed E-state index contributed by atoms with van der Waals surface area (Å²) in [5.41, 5.74) is 1.80. The molecule has 1 heterocycles. The van der Waals surface area contributed by atoms with E-state index in [-0.39, 0.29) is 12.1 Å². The first kappa shape index (κ1) is 18.4. The van der Waals surface area contributed by atoms with Crippen molar-refractivity contribution in [3.05, 3.63) is 64.8 Å². The molecule has 136 valence electrons. The second-order valence-corrected chi connectivity index (χ2v) is 6.69. The standard InChI is InChI=1S/C20H21ClN2O3/c21-16-11-15(9-10-19(24)25)12-22-20(16)23-17-7-4-8-18(17)26-13-14-5-2-1-3-6-14/h1-3,5-6,9-12,17-18H,4,7-8,13H2,(H,22,23)(H,24,25)/b10-9+/t17-,18-/m1/s1. The van der Waals surface area contributed by atoms with E-state index in [0.717, 1.165) is 30.9 Å². The van der Waals surface area contributed by atoms with E-state index in [1.807, 2.05) is 18.2 Å². The highest BCUT2D eigenvalue weighted by Crippen LogP contribution is 2.29. The number of anilines is 1. The van der Waals surface area contributed by atoms with Crippen molar-refractivity contribution in [2.24, 2.45) is 0 Å². The van der Waals surface area contributed by atoms with Gasteiger partial charge in [-0.1, -0.05) is 41.9 Å². The molecule has 0 aliphatic heterocycles. The van der Waals surface area contributed by atoms with E-state index < -0.39 is 5.97 Å². The molecule has 0 saturated heterocycles. The van der Waals surface area contributed by atoms with E-state index in [2.05, 4.69) is 22.4 Å². The molecule has 1 aliphatic rings. The van der Waals surface area contributed by atoms with Gasteiger partial charge in [0.2, 0.25) is 0 Å². The average Bonchev–Trinajstić information content (AvgIpc) is 3.08. The fourth-order valence-corrected chi connectivity index (χ4v) is 3.29. The van der Waals surface area contributed by atoms with Gasteiger partial charge in [-0.05, 0) is 42.5 Å². The maximum Gasteiger partial charge on any atom is 0.328 e. The summed E-state index contributed by atoms with van der Waals surface area (Å²) >= 11 is 6.30. The van der Waals surface area contributed by atoms with Gasteiger partial charge in [0.15, 0.2) is 0 Å². The molecule has 26 heavy (non-hydrogen) atoms. The third kappa shape index (κ3) is 5.07. The van der Waals surface area contributed by atoms with Crippen molar-refractivity contribution in [2.45, 2.75) is 38.0 Å². The van der Waals surface area contributed by atoms with Gasteiger partial charge in [-0.15, -0.1) is 0 Å². The summed E-state index contributed by atoms with van der Waals surface area (Å²) in [7, 11) is 0. The molecule has 6 heteroatoms. The molecule has 0 radical (unpaired) electrons. The van der Waals surface area contributed by atoms with Crippen LogP contribution in [0.1, 0.15) is 30.4 Å². The molecular weight excluding hydrogens is 352 g/mol. The van der Waals surface area contributed by atoms with Gasteiger partial charge >= 0.3 is 5.97 Å². The molecule has 2 atom stereocenters. The number of aromatic nitrogens is 1. The van der Waals surface area contributed by atoms with Crippen molar-refractivity contribution in [3.63, 3.8) is 0 Å². The van der Waals surface area contributed by atoms with Crippen molar-refractivity contribution in [1.82, 2.24) is 4.98 Å². The molecule has 3 rings (SSSR count). The number of hydrogen-bond acceptors (Lipinski definition) is 4. The van der Waals surface area contributed by atoms with Gasteiger partial charge < -0.3 is 15.2 Å². The number of rotatable bonds is 7. The molecule has 2 N–H and O–H groups in total. The predicted molar refractivity (Wildman–Crippen MR) is 102 cm³/mol. The minimum atomic E-state index is -1.01. The van der Waals surface area contributed by atoms with E-state index >= 15 is 0 Å². The molecule has 0 amide bonds. The molecule has 1 aromatic heterocycles.